The highest BCUT2D eigenvalue weighted by Crippen LogP contribution is 2.20. The Balaban J connectivity index is 3.06. The molecule has 0 saturated heterocycles. The number of rotatable bonds is 1. The summed E-state index contributed by atoms with van der Waals surface area (Å²) < 4.78 is 13.8. The second kappa shape index (κ2) is 3.49. The molecule has 0 aromatic heterocycles. The molecule has 1 rings (SSSR count). The van der Waals surface area contributed by atoms with E-state index in [0.29, 0.717) is 5.56 Å². The van der Waals surface area contributed by atoms with Crippen molar-refractivity contribution in [1.82, 2.24) is 0 Å². The summed E-state index contributed by atoms with van der Waals surface area (Å²) in [6.45, 7) is -0.419. The summed E-state index contributed by atoms with van der Waals surface area (Å²) in [5.74, 6) is 0. The maximum atomic E-state index is 12.0. The molecule has 0 heterocycles. The lowest BCUT2D eigenvalue weighted by Crippen LogP contribution is -1.77. The van der Waals surface area contributed by atoms with E-state index in [2.05, 4.69) is 31.9 Å². The molecule has 3 heteroatoms. The lowest BCUT2D eigenvalue weighted by atomic mass is 10.2. The average Bonchev–Trinajstić information content (AvgIpc) is 1.85. The standard InChI is InChI=1S/C7H5Br2F/c8-6-1-5(4-10)2-7(9)3-6/h1-3H,4H2. The van der Waals surface area contributed by atoms with E-state index < -0.39 is 6.67 Å². The highest BCUT2D eigenvalue weighted by molar-refractivity contribution is 9.11. The molecule has 1 aromatic carbocycles. The van der Waals surface area contributed by atoms with Crippen molar-refractivity contribution in [3.63, 3.8) is 0 Å². The average molecular weight is 268 g/mol. The lowest BCUT2D eigenvalue weighted by molar-refractivity contribution is 0.485. The van der Waals surface area contributed by atoms with Crippen molar-refractivity contribution in [3.05, 3.63) is 32.7 Å². The van der Waals surface area contributed by atoms with E-state index in [1.165, 1.54) is 0 Å². The topological polar surface area (TPSA) is 0 Å². The van der Waals surface area contributed by atoms with Crippen molar-refractivity contribution in [2.75, 3.05) is 0 Å². The predicted molar refractivity (Wildman–Crippen MR) is 46.7 cm³/mol. The third-order valence-electron chi connectivity index (χ3n) is 1.08. The van der Waals surface area contributed by atoms with E-state index in [0.717, 1.165) is 8.95 Å². The van der Waals surface area contributed by atoms with Crippen molar-refractivity contribution in [1.29, 1.82) is 0 Å². The van der Waals surface area contributed by atoms with Gasteiger partial charge in [0.05, 0.1) is 0 Å². The summed E-state index contributed by atoms with van der Waals surface area (Å²) >= 11 is 6.51. The van der Waals surface area contributed by atoms with Gasteiger partial charge in [-0.3, -0.25) is 0 Å². The van der Waals surface area contributed by atoms with Crippen LogP contribution in [0.15, 0.2) is 27.1 Å². The lowest BCUT2D eigenvalue weighted by Gasteiger charge is -1.96. The van der Waals surface area contributed by atoms with Crippen LogP contribution < -0.4 is 0 Å². The SMILES string of the molecule is FCc1cc(Br)cc(Br)c1. The van der Waals surface area contributed by atoms with Gasteiger partial charge in [0.15, 0.2) is 0 Å². The Hall–Kier alpha value is 0.110. The number of halogens is 3. The monoisotopic (exact) mass is 266 g/mol. The van der Waals surface area contributed by atoms with Crippen LogP contribution in [0.25, 0.3) is 0 Å². The fourth-order valence-electron chi connectivity index (χ4n) is 0.688. The van der Waals surface area contributed by atoms with Gasteiger partial charge in [0.25, 0.3) is 0 Å². The second-order valence-corrected chi connectivity index (χ2v) is 3.74. The first-order chi connectivity index (χ1) is 4.72. The van der Waals surface area contributed by atoms with Gasteiger partial charge < -0.3 is 0 Å². The summed E-state index contributed by atoms with van der Waals surface area (Å²) in [6, 6.07) is 5.38. The van der Waals surface area contributed by atoms with Crippen LogP contribution in [0.1, 0.15) is 5.56 Å². The van der Waals surface area contributed by atoms with Crippen LogP contribution in [0.4, 0.5) is 4.39 Å². The molecule has 0 spiro atoms. The van der Waals surface area contributed by atoms with E-state index in [9.17, 15) is 4.39 Å². The van der Waals surface area contributed by atoms with Gasteiger partial charge in [-0.15, -0.1) is 0 Å². The molecular weight excluding hydrogens is 263 g/mol. The van der Waals surface area contributed by atoms with Crippen molar-refractivity contribution in [2.45, 2.75) is 6.67 Å². The molecule has 54 valence electrons. The van der Waals surface area contributed by atoms with Crippen LogP contribution in [-0.2, 0) is 6.67 Å². The smallest absolute Gasteiger partial charge is 0.115 e. The minimum Gasteiger partial charge on any atom is -0.246 e. The molecule has 0 saturated carbocycles. The Morgan fingerprint density at radius 1 is 1.10 bits per heavy atom. The third-order valence-corrected chi connectivity index (χ3v) is 1.99. The summed E-state index contributed by atoms with van der Waals surface area (Å²) in [7, 11) is 0. The summed E-state index contributed by atoms with van der Waals surface area (Å²) in [5, 5.41) is 0. The highest BCUT2D eigenvalue weighted by atomic mass is 79.9. The van der Waals surface area contributed by atoms with Crippen molar-refractivity contribution in [3.8, 4) is 0 Å². The Labute approximate surface area is 75.7 Å². The quantitative estimate of drug-likeness (QED) is 0.728. The van der Waals surface area contributed by atoms with Gasteiger partial charge in [-0.1, -0.05) is 31.9 Å². The van der Waals surface area contributed by atoms with E-state index in [4.69, 9.17) is 0 Å². The predicted octanol–water partition coefficient (Wildman–Crippen LogP) is 3.68. The number of benzene rings is 1. The molecule has 0 nitrogen and oxygen atoms in total. The van der Waals surface area contributed by atoms with Crippen LogP contribution >= 0.6 is 31.9 Å². The third kappa shape index (κ3) is 2.06. The molecule has 0 N–H and O–H groups in total. The highest BCUT2D eigenvalue weighted by Gasteiger charge is 1.95. The van der Waals surface area contributed by atoms with E-state index >= 15 is 0 Å². The molecule has 1 aromatic rings. The zero-order valence-corrected chi connectivity index (χ0v) is 8.25. The Kier molecular flexibility index (Phi) is 2.86. The molecular formula is C7H5Br2F. The summed E-state index contributed by atoms with van der Waals surface area (Å²) in [6.07, 6.45) is 0. The van der Waals surface area contributed by atoms with Crippen LogP contribution in [0.3, 0.4) is 0 Å². The maximum Gasteiger partial charge on any atom is 0.115 e. The largest absolute Gasteiger partial charge is 0.246 e. The molecule has 0 unspecified atom stereocenters. The van der Waals surface area contributed by atoms with E-state index in [1.807, 2.05) is 6.07 Å². The molecule has 0 aliphatic carbocycles. The van der Waals surface area contributed by atoms with Gasteiger partial charge in [-0.2, -0.15) is 0 Å². The summed E-state index contributed by atoms with van der Waals surface area (Å²) in [5.41, 5.74) is 0.682. The number of alkyl halides is 1. The van der Waals surface area contributed by atoms with Gasteiger partial charge in [-0.05, 0) is 23.8 Å². The van der Waals surface area contributed by atoms with E-state index in [1.54, 1.807) is 12.1 Å². The first-order valence-corrected chi connectivity index (χ1v) is 4.32. The number of hydrogen-bond donors (Lipinski definition) is 0. The van der Waals surface area contributed by atoms with Crippen molar-refractivity contribution < 1.29 is 4.39 Å². The van der Waals surface area contributed by atoms with Crippen LogP contribution in [0.5, 0.6) is 0 Å². The zero-order valence-electron chi connectivity index (χ0n) is 5.07. The fraction of sp³-hybridized carbons (Fsp3) is 0.143. The molecule has 0 atom stereocenters. The van der Waals surface area contributed by atoms with Crippen molar-refractivity contribution in [2.24, 2.45) is 0 Å². The van der Waals surface area contributed by atoms with Gasteiger partial charge in [0.1, 0.15) is 6.67 Å². The minimum absolute atomic E-state index is 0.419. The van der Waals surface area contributed by atoms with Gasteiger partial charge in [0.2, 0.25) is 0 Å². The molecule has 0 amide bonds. The minimum atomic E-state index is -0.419. The van der Waals surface area contributed by atoms with Gasteiger partial charge in [0, 0.05) is 8.95 Å². The molecule has 0 bridgehead atoms. The molecule has 0 aliphatic heterocycles. The van der Waals surface area contributed by atoms with Gasteiger partial charge >= 0.3 is 0 Å². The Morgan fingerprint density at radius 3 is 2.00 bits per heavy atom. The zero-order chi connectivity index (χ0) is 7.56. The fourth-order valence-corrected chi connectivity index (χ4v) is 2.08. The summed E-state index contributed by atoms with van der Waals surface area (Å²) in [4.78, 5) is 0. The van der Waals surface area contributed by atoms with Crippen molar-refractivity contribution >= 4 is 31.9 Å². The van der Waals surface area contributed by atoms with E-state index in [-0.39, 0.29) is 0 Å². The van der Waals surface area contributed by atoms with Crippen LogP contribution in [0.2, 0.25) is 0 Å². The Morgan fingerprint density at radius 2 is 1.60 bits per heavy atom. The molecule has 0 fully saturated rings. The van der Waals surface area contributed by atoms with Gasteiger partial charge in [-0.25, -0.2) is 4.39 Å². The molecule has 0 aliphatic rings. The Bertz CT molecular complexity index is 215. The molecule has 10 heavy (non-hydrogen) atoms. The number of hydrogen-bond acceptors (Lipinski definition) is 0. The normalized spacial score (nSPS) is 9.90. The first-order valence-electron chi connectivity index (χ1n) is 2.73. The van der Waals surface area contributed by atoms with Crippen LogP contribution in [0, 0.1) is 0 Å². The second-order valence-electron chi connectivity index (χ2n) is 1.91. The van der Waals surface area contributed by atoms with Crippen LogP contribution in [-0.4, -0.2) is 0 Å². The maximum absolute atomic E-state index is 12.0. The molecule has 0 radical (unpaired) electrons. The first kappa shape index (κ1) is 8.21.